The highest BCUT2D eigenvalue weighted by Crippen LogP contribution is 2.34. The van der Waals surface area contributed by atoms with Gasteiger partial charge in [-0.1, -0.05) is 24.3 Å². The summed E-state index contributed by atoms with van der Waals surface area (Å²) in [4.78, 5) is 31.4. The van der Waals surface area contributed by atoms with Gasteiger partial charge in [0.2, 0.25) is 5.91 Å². The van der Waals surface area contributed by atoms with Gasteiger partial charge in [0, 0.05) is 25.0 Å². The fourth-order valence-electron chi connectivity index (χ4n) is 3.99. The topological polar surface area (TPSA) is 90.5 Å². The Morgan fingerprint density at radius 1 is 1.27 bits per heavy atom. The SMILES string of the molecule is C=CCSc1ncccc1-c1nn(CC(=O)N2CCC(c3ccccc3OC)CC2)c(=O)o1. The van der Waals surface area contributed by atoms with Crippen LogP contribution in [-0.2, 0) is 11.3 Å². The maximum absolute atomic E-state index is 12.9. The van der Waals surface area contributed by atoms with Gasteiger partial charge in [-0.2, -0.15) is 4.68 Å². The third kappa shape index (κ3) is 5.19. The molecule has 0 radical (unpaired) electrons. The number of benzene rings is 1. The zero-order valence-electron chi connectivity index (χ0n) is 18.5. The van der Waals surface area contributed by atoms with Gasteiger partial charge in [-0.3, -0.25) is 4.79 Å². The molecule has 0 spiro atoms. The maximum Gasteiger partial charge on any atom is 0.437 e. The van der Waals surface area contributed by atoms with Gasteiger partial charge >= 0.3 is 5.76 Å². The minimum absolute atomic E-state index is 0.150. The summed E-state index contributed by atoms with van der Waals surface area (Å²) in [5.74, 6) is 1.22. The van der Waals surface area contributed by atoms with Crippen LogP contribution in [0.4, 0.5) is 0 Å². The van der Waals surface area contributed by atoms with E-state index in [9.17, 15) is 9.59 Å². The molecule has 2 aromatic heterocycles. The summed E-state index contributed by atoms with van der Waals surface area (Å²) in [6, 6.07) is 11.6. The van der Waals surface area contributed by atoms with Crippen LogP contribution in [0.25, 0.3) is 11.5 Å². The molecule has 9 heteroatoms. The van der Waals surface area contributed by atoms with Gasteiger partial charge in [0.05, 0.1) is 12.7 Å². The van der Waals surface area contributed by atoms with E-state index in [-0.39, 0.29) is 18.3 Å². The highest BCUT2D eigenvalue weighted by Gasteiger charge is 2.26. The summed E-state index contributed by atoms with van der Waals surface area (Å²) in [6.07, 6.45) is 5.12. The number of rotatable bonds is 8. The monoisotopic (exact) mass is 466 g/mol. The number of hydrogen-bond acceptors (Lipinski definition) is 7. The second-order valence-corrected chi connectivity index (χ2v) is 8.69. The van der Waals surface area contributed by atoms with Crippen LogP contribution >= 0.6 is 11.8 Å². The molecule has 0 N–H and O–H groups in total. The van der Waals surface area contributed by atoms with Crippen molar-refractivity contribution in [2.24, 2.45) is 0 Å². The smallest absolute Gasteiger partial charge is 0.437 e. The number of piperidine rings is 1. The van der Waals surface area contributed by atoms with Gasteiger partial charge in [-0.05, 0) is 42.5 Å². The number of carbonyl (C=O) groups excluding carboxylic acids is 1. The lowest BCUT2D eigenvalue weighted by Gasteiger charge is -2.32. The molecule has 3 heterocycles. The first-order valence-corrected chi connectivity index (χ1v) is 11.8. The molecule has 1 aromatic carbocycles. The lowest BCUT2D eigenvalue weighted by Crippen LogP contribution is -2.41. The van der Waals surface area contributed by atoms with Gasteiger partial charge in [0.1, 0.15) is 17.3 Å². The van der Waals surface area contributed by atoms with Crippen LogP contribution < -0.4 is 10.5 Å². The van der Waals surface area contributed by atoms with Crippen LogP contribution in [0.3, 0.4) is 0 Å². The lowest BCUT2D eigenvalue weighted by atomic mass is 9.89. The summed E-state index contributed by atoms with van der Waals surface area (Å²) in [6.45, 7) is 4.79. The Morgan fingerprint density at radius 3 is 2.82 bits per heavy atom. The molecule has 1 saturated heterocycles. The number of thioether (sulfide) groups is 1. The molecule has 1 aliphatic heterocycles. The Hall–Kier alpha value is -3.33. The molecule has 3 aromatic rings. The number of para-hydroxylation sites is 1. The molecule has 1 fully saturated rings. The second kappa shape index (κ2) is 10.5. The van der Waals surface area contributed by atoms with E-state index in [2.05, 4.69) is 22.7 Å². The molecule has 0 bridgehead atoms. The van der Waals surface area contributed by atoms with Crippen LogP contribution in [0.15, 0.2) is 69.5 Å². The summed E-state index contributed by atoms with van der Waals surface area (Å²) in [5, 5.41) is 4.95. The van der Waals surface area contributed by atoms with Gasteiger partial charge in [0.15, 0.2) is 0 Å². The normalized spacial score (nSPS) is 14.3. The number of nitrogens with zero attached hydrogens (tertiary/aromatic N) is 4. The first-order chi connectivity index (χ1) is 16.1. The van der Waals surface area contributed by atoms with Gasteiger partial charge < -0.3 is 14.1 Å². The summed E-state index contributed by atoms with van der Waals surface area (Å²) < 4.78 is 11.9. The fraction of sp³-hybridized carbons (Fsp3) is 0.333. The molecule has 0 unspecified atom stereocenters. The van der Waals surface area contributed by atoms with Crippen LogP contribution in [0.2, 0.25) is 0 Å². The standard InChI is InChI=1S/C24H26N4O4S/c1-3-15-33-23-19(8-6-12-25-23)22-26-28(24(30)32-22)16-21(29)27-13-10-17(11-14-27)18-7-4-5-9-20(18)31-2/h3-9,12,17H,1,10-11,13-16H2,2H3. The number of aromatic nitrogens is 3. The van der Waals surface area contributed by atoms with Crippen molar-refractivity contribution in [3.63, 3.8) is 0 Å². The zero-order chi connectivity index (χ0) is 23.2. The molecular formula is C24H26N4O4S. The highest BCUT2D eigenvalue weighted by atomic mass is 32.2. The lowest BCUT2D eigenvalue weighted by molar-refractivity contribution is -0.133. The van der Waals surface area contributed by atoms with Crippen molar-refractivity contribution in [2.45, 2.75) is 30.3 Å². The van der Waals surface area contributed by atoms with E-state index in [1.165, 1.54) is 17.3 Å². The van der Waals surface area contributed by atoms with Crippen molar-refractivity contribution in [3.8, 4) is 17.2 Å². The van der Waals surface area contributed by atoms with Crippen molar-refractivity contribution in [1.82, 2.24) is 19.7 Å². The predicted molar refractivity (Wildman–Crippen MR) is 126 cm³/mol. The number of likely N-dealkylation sites (tertiary alicyclic amines) is 1. The van der Waals surface area contributed by atoms with Gasteiger partial charge in [0.25, 0.3) is 5.89 Å². The van der Waals surface area contributed by atoms with E-state index in [1.807, 2.05) is 18.2 Å². The minimum atomic E-state index is -0.661. The van der Waals surface area contributed by atoms with E-state index in [4.69, 9.17) is 9.15 Å². The average molecular weight is 467 g/mol. The third-order valence-electron chi connectivity index (χ3n) is 5.66. The molecule has 172 valence electrons. The third-order valence-corrected chi connectivity index (χ3v) is 6.66. The Labute approximate surface area is 196 Å². The molecule has 0 aliphatic carbocycles. The Kier molecular flexibility index (Phi) is 7.29. The molecule has 8 nitrogen and oxygen atoms in total. The number of hydrogen-bond donors (Lipinski definition) is 0. The van der Waals surface area contributed by atoms with Crippen LogP contribution in [0.5, 0.6) is 5.75 Å². The van der Waals surface area contributed by atoms with E-state index in [1.54, 1.807) is 36.4 Å². The van der Waals surface area contributed by atoms with Crippen molar-refractivity contribution in [3.05, 3.63) is 71.4 Å². The fourth-order valence-corrected chi connectivity index (χ4v) is 4.72. The quantitative estimate of drug-likeness (QED) is 0.370. The first-order valence-electron chi connectivity index (χ1n) is 10.8. The summed E-state index contributed by atoms with van der Waals surface area (Å²) in [5.41, 5.74) is 1.79. The molecule has 1 aliphatic rings. The molecule has 0 atom stereocenters. The number of ether oxygens (including phenoxy) is 1. The molecular weight excluding hydrogens is 440 g/mol. The molecule has 4 rings (SSSR count). The average Bonchev–Trinajstić information content (AvgIpc) is 3.22. The van der Waals surface area contributed by atoms with Crippen molar-refractivity contribution < 1.29 is 13.9 Å². The van der Waals surface area contributed by atoms with Crippen LogP contribution in [0.1, 0.15) is 24.3 Å². The maximum atomic E-state index is 12.9. The largest absolute Gasteiger partial charge is 0.496 e. The Morgan fingerprint density at radius 2 is 2.06 bits per heavy atom. The van der Waals surface area contributed by atoms with Crippen molar-refractivity contribution in [1.29, 1.82) is 0 Å². The van der Waals surface area contributed by atoms with Gasteiger partial charge in [-0.15, -0.1) is 23.4 Å². The van der Waals surface area contributed by atoms with E-state index >= 15 is 0 Å². The van der Waals surface area contributed by atoms with Crippen LogP contribution in [0, 0.1) is 0 Å². The van der Waals surface area contributed by atoms with Crippen LogP contribution in [-0.4, -0.2) is 51.5 Å². The number of carbonyl (C=O) groups is 1. The Bertz CT molecular complexity index is 1180. The number of methoxy groups -OCH3 is 1. The van der Waals surface area contributed by atoms with Gasteiger partial charge in [-0.25, -0.2) is 9.78 Å². The number of pyridine rings is 1. The van der Waals surface area contributed by atoms with Crippen molar-refractivity contribution >= 4 is 17.7 Å². The Balaban J connectivity index is 1.42. The molecule has 33 heavy (non-hydrogen) atoms. The van der Waals surface area contributed by atoms with E-state index in [0.717, 1.165) is 23.3 Å². The summed E-state index contributed by atoms with van der Waals surface area (Å²) in [7, 11) is 1.67. The second-order valence-electron chi connectivity index (χ2n) is 7.68. The summed E-state index contributed by atoms with van der Waals surface area (Å²) >= 11 is 1.47. The zero-order valence-corrected chi connectivity index (χ0v) is 19.3. The predicted octanol–water partition coefficient (Wildman–Crippen LogP) is 3.59. The van der Waals surface area contributed by atoms with E-state index < -0.39 is 5.76 Å². The highest BCUT2D eigenvalue weighted by molar-refractivity contribution is 7.99. The molecule has 1 amide bonds. The minimum Gasteiger partial charge on any atom is -0.496 e. The first kappa shape index (κ1) is 22.8. The molecule has 0 saturated carbocycles. The number of amides is 1. The van der Waals surface area contributed by atoms with E-state index in [0.29, 0.717) is 35.3 Å². The van der Waals surface area contributed by atoms with Crippen molar-refractivity contribution in [2.75, 3.05) is 26.0 Å².